The molecule has 1 aromatic heterocycles. The van der Waals surface area contributed by atoms with Gasteiger partial charge < -0.3 is 19.3 Å². The molecule has 1 atom stereocenters. The van der Waals surface area contributed by atoms with Crippen molar-refractivity contribution in [3.05, 3.63) is 29.6 Å². The minimum Gasteiger partial charge on any atom is -0.481 e. The Morgan fingerprint density at radius 1 is 0.795 bits per heavy atom. The molecule has 1 aliphatic rings. The third-order valence-corrected chi connectivity index (χ3v) is 6.46. The van der Waals surface area contributed by atoms with Crippen molar-refractivity contribution < 1.29 is 38.5 Å². The van der Waals surface area contributed by atoms with Crippen LogP contribution in [0.3, 0.4) is 0 Å². The number of carbonyl (C=O) groups excluding carboxylic acids is 3. The molecule has 1 saturated heterocycles. The predicted octanol–water partition coefficient (Wildman–Crippen LogP) is 3.37. The summed E-state index contributed by atoms with van der Waals surface area (Å²) in [5, 5.41) is 9.41. The number of nitrogens with zero attached hydrogens (tertiary/aromatic N) is 4. The maximum absolute atomic E-state index is 13.3. The van der Waals surface area contributed by atoms with Crippen LogP contribution in [0.25, 0.3) is 0 Å². The number of rotatable bonds is 10. The number of carbonyl (C=O) groups is 4. The largest absolute Gasteiger partial charge is 0.481 e. The number of ether oxygens (including phenoxy) is 3. The molecule has 248 valence electrons. The lowest BCUT2D eigenvalue weighted by Crippen LogP contribution is -2.49. The van der Waals surface area contributed by atoms with Gasteiger partial charge in [-0.1, -0.05) is 6.07 Å². The van der Waals surface area contributed by atoms with E-state index in [2.05, 4.69) is 9.88 Å². The SMILES string of the molecule is CC(C)(C)OC(=O)CN1CCN(Cc2cccc(C(=O)OC(C)(C)C)n2)CCN(C(CCC(=O)O)C(=O)OC(C)(C)C)CC1. The second kappa shape index (κ2) is 15.8. The highest BCUT2D eigenvalue weighted by atomic mass is 16.6. The number of aromatic nitrogens is 1. The van der Waals surface area contributed by atoms with E-state index in [9.17, 15) is 24.3 Å². The molecule has 0 saturated carbocycles. The summed E-state index contributed by atoms with van der Waals surface area (Å²) in [4.78, 5) is 60.8. The first kappa shape index (κ1) is 37.1. The monoisotopic (exact) mass is 620 g/mol. The molecule has 2 heterocycles. The first-order chi connectivity index (χ1) is 20.2. The third kappa shape index (κ3) is 14.6. The van der Waals surface area contributed by atoms with Gasteiger partial charge in [0.25, 0.3) is 0 Å². The molecule has 0 spiro atoms. The Morgan fingerprint density at radius 2 is 1.34 bits per heavy atom. The number of carboxylic acids is 1. The highest BCUT2D eigenvalue weighted by Crippen LogP contribution is 2.18. The lowest BCUT2D eigenvalue weighted by Gasteiger charge is -2.33. The smallest absolute Gasteiger partial charge is 0.357 e. The van der Waals surface area contributed by atoms with Gasteiger partial charge in [0.1, 0.15) is 28.5 Å². The molecule has 1 aromatic rings. The van der Waals surface area contributed by atoms with Crippen LogP contribution in [0.2, 0.25) is 0 Å². The Kier molecular flexibility index (Phi) is 13.3. The average molecular weight is 621 g/mol. The number of aliphatic carboxylic acids is 1. The number of pyridine rings is 1. The van der Waals surface area contributed by atoms with Gasteiger partial charge in [0.2, 0.25) is 0 Å². The fourth-order valence-corrected chi connectivity index (χ4v) is 4.66. The van der Waals surface area contributed by atoms with E-state index in [4.69, 9.17) is 14.2 Å². The quantitative estimate of drug-likeness (QED) is 0.303. The van der Waals surface area contributed by atoms with E-state index < -0.39 is 40.8 Å². The summed E-state index contributed by atoms with van der Waals surface area (Å²) >= 11 is 0. The molecule has 44 heavy (non-hydrogen) atoms. The Hall–Kier alpha value is -3.09. The van der Waals surface area contributed by atoms with Crippen LogP contribution in [0, 0.1) is 0 Å². The second-order valence-electron chi connectivity index (χ2n) is 14.2. The summed E-state index contributed by atoms with van der Waals surface area (Å²) in [5.41, 5.74) is -1.13. The zero-order valence-electron chi connectivity index (χ0n) is 28.0. The summed E-state index contributed by atoms with van der Waals surface area (Å²) in [6.45, 7) is 19.7. The van der Waals surface area contributed by atoms with Crippen LogP contribution >= 0.6 is 0 Å². The van der Waals surface area contributed by atoms with Crippen LogP contribution in [0.1, 0.15) is 91.3 Å². The number of hydrogen-bond donors (Lipinski definition) is 1. The van der Waals surface area contributed by atoms with Crippen molar-refractivity contribution >= 4 is 23.9 Å². The fourth-order valence-electron chi connectivity index (χ4n) is 4.66. The maximum atomic E-state index is 13.3. The molecule has 0 radical (unpaired) electrons. The molecule has 1 fully saturated rings. The molecule has 0 amide bonds. The zero-order valence-corrected chi connectivity index (χ0v) is 28.0. The molecule has 1 aliphatic heterocycles. The molecule has 0 bridgehead atoms. The molecular formula is C32H52N4O8. The summed E-state index contributed by atoms with van der Waals surface area (Å²) in [6.07, 6.45) is -0.0943. The molecule has 1 N–H and O–H groups in total. The van der Waals surface area contributed by atoms with E-state index in [0.717, 1.165) is 0 Å². The van der Waals surface area contributed by atoms with E-state index in [1.807, 2.05) is 36.6 Å². The zero-order chi connectivity index (χ0) is 33.3. The molecule has 2 rings (SSSR count). The lowest BCUT2D eigenvalue weighted by atomic mass is 10.1. The Bertz CT molecular complexity index is 1140. The normalized spacial score (nSPS) is 17.1. The Labute approximate surface area is 262 Å². The average Bonchev–Trinajstić information content (AvgIpc) is 2.92. The van der Waals surface area contributed by atoms with Crippen molar-refractivity contribution in [2.75, 3.05) is 45.8 Å². The lowest BCUT2D eigenvalue weighted by molar-refractivity contribution is -0.162. The molecule has 12 nitrogen and oxygen atoms in total. The molecular weight excluding hydrogens is 568 g/mol. The minimum absolute atomic E-state index is 0.0670. The minimum atomic E-state index is -0.994. The van der Waals surface area contributed by atoms with Crippen LogP contribution in [0.5, 0.6) is 0 Å². The Morgan fingerprint density at radius 3 is 1.91 bits per heavy atom. The maximum Gasteiger partial charge on any atom is 0.357 e. The Balaban J connectivity index is 2.34. The van der Waals surface area contributed by atoms with Gasteiger partial charge in [0.15, 0.2) is 0 Å². The first-order valence-electron chi connectivity index (χ1n) is 15.3. The van der Waals surface area contributed by atoms with Crippen molar-refractivity contribution in [3.8, 4) is 0 Å². The van der Waals surface area contributed by atoms with Gasteiger partial charge in [-0.2, -0.15) is 0 Å². The summed E-state index contributed by atoms with van der Waals surface area (Å²) < 4.78 is 16.8. The fraction of sp³-hybridized carbons (Fsp3) is 0.719. The molecule has 0 aromatic carbocycles. The standard InChI is InChI=1S/C32H52N4O8/c1-30(2,3)42-27(39)22-35-16-15-34(21-23-11-10-12-24(33-23)28(40)43-31(4,5)6)17-19-36(20-18-35)25(13-14-26(37)38)29(41)44-32(7,8)9/h10-12,25H,13-22H2,1-9H3,(H,37,38). The number of hydrogen-bond acceptors (Lipinski definition) is 11. The van der Waals surface area contributed by atoms with E-state index in [-0.39, 0.29) is 31.0 Å². The van der Waals surface area contributed by atoms with Crippen molar-refractivity contribution in [1.82, 2.24) is 19.7 Å². The highest BCUT2D eigenvalue weighted by Gasteiger charge is 2.32. The van der Waals surface area contributed by atoms with E-state index in [0.29, 0.717) is 51.5 Å². The van der Waals surface area contributed by atoms with Crippen molar-refractivity contribution in [1.29, 1.82) is 0 Å². The van der Waals surface area contributed by atoms with Gasteiger partial charge in [-0.25, -0.2) is 9.78 Å². The summed E-state index contributed by atoms with van der Waals surface area (Å²) in [5.74, 6) is -2.32. The van der Waals surface area contributed by atoms with Gasteiger partial charge in [-0.3, -0.25) is 29.1 Å². The van der Waals surface area contributed by atoms with Crippen molar-refractivity contribution in [2.45, 2.75) is 105 Å². The van der Waals surface area contributed by atoms with Gasteiger partial charge in [-0.15, -0.1) is 0 Å². The molecule has 1 unspecified atom stereocenters. The predicted molar refractivity (Wildman–Crippen MR) is 165 cm³/mol. The van der Waals surface area contributed by atoms with Crippen molar-refractivity contribution in [2.24, 2.45) is 0 Å². The number of esters is 3. The van der Waals surface area contributed by atoms with Crippen LogP contribution < -0.4 is 0 Å². The van der Waals surface area contributed by atoms with Crippen molar-refractivity contribution in [3.63, 3.8) is 0 Å². The van der Waals surface area contributed by atoms with Gasteiger partial charge >= 0.3 is 23.9 Å². The van der Waals surface area contributed by atoms with Gasteiger partial charge in [0, 0.05) is 52.2 Å². The summed E-state index contributed by atoms with van der Waals surface area (Å²) in [7, 11) is 0. The molecule has 12 heteroatoms. The third-order valence-electron chi connectivity index (χ3n) is 6.46. The van der Waals surface area contributed by atoms with Crippen LogP contribution in [-0.2, 0) is 35.1 Å². The topological polar surface area (TPSA) is 139 Å². The van der Waals surface area contributed by atoms with E-state index in [1.165, 1.54) is 0 Å². The van der Waals surface area contributed by atoms with Gasteiger partial charge in [0.05, 0.1) is 12.2 Å². The van der Waals surface area contributed by atoms with E-state index >= 15 is 0 Å². The molecule has 0 aliphatic carbocycles. The number of carboxylic acid groups (broad SMARTS) is 1. The van der Waals surface area contributed by atoms with Gasteiger partial charge in [-0.05, 0) is 80.9 Å². The van der Waals surface area contributed by atoms with Crippen LogP contribution in [-0.4, -0.2) is 117 Å². The van der Waals surface area contributed by atoms with E-state index in [1.54, 1.807) is 53.7 Å². The highest BCUT2D eigenvalue weighted by molar-refractivity contribution is 5.87. The van der Waals surface area contributed by atoms with Crippen LogP contribution in [0.15, 0.2) is 18.2 Å². The summed E-state index contributed by atoms with van der Waals surface area (Å²) in [6, 6.07) is 4.45. The van der Waals surface area contributed by atoms with Crippen LogP contribution in [0.4, 0.5) is 0 Å². The second-order valence-corrected chi connectivity index (χ2v) is 14.2. The first-order valence-corrected chi connectivity index (χ1v) is 15.3.